The van der Waals surface area contributed by atoms with Gasteiger partial charge >= 0.3 is 5.97 Å². The molecule has 104 valence electrons. The van der Waals surface area contributed by atoms with Gasteiger partial charge in [0.2, 0.25) is 0 Å². The van der Waals surface area contributed by atoms with Gasteiger partial charge in [0.15, 0.2) is 0 Å². The second kappa shape index (κ2) is 5.21. The van der Waals surface area contributed by atoms with Crippen molar-refractivity contribution in [2.75, 3.05) is 21.2 Å². The van der Waals surface area contributed by atoms with Gasteiger partial charge in [-0.15, -0.1) is 0 Å². The van der Waals surface area contributed by atoms with E-state index in [1.165, 1.54) is 0 Å². The number of benzene rings is 1. The van der Waals surface area contributed by atoms with Gasteiger partial charge < -0.3 is 14.7 Å². The summed E-state index contributed by atoms with van der Waals surface area (Å²) in [7, 11) is 5.63. The van der Waals surface area contributed by atoms with E-state index in [-0.39, 0.29) is 17.9 Å². The Hall–Kier alpha value is -1.55. The maximum atomic E-state index is 11.1. The van der Waals surface area contributed by atoms with Crippen molar-refractivity contribution < 1.29 is 14.6 Å². The van der Waals surface area contributed by atoms with Gasteiger partial charge in [-0.2, -0.15) is 0 Å². The molecule has 19 heavy (non-hydrogen) atoms. The predicted octanol–water partition coefficient (Wildman–Crippen LogP) is 2.33. The van der Waals surface area contributed by atoms with Crippen molar-refractivity contribution in [3.63, 3.8) is 0 Å². The number of carboxylic acid groups (broad SMARTS) is 1. The number of aliphatic carboxylic acids is 1. The highest BCUT2D eigenvalue weighted by Crippen LogP contribution is 2.51. The Morgan fingerprint density at radius 3 is 2.63 bits per heavy atom. The number of hydrogen-bond acceptors (Lipinski definition) is 3. The van der Waals surface area contributed by atoms with E-state index in [0.29, 0.717) is 0 Å². The minimum absolute atomic E-state index is 0.0935. The predicted molar refractivity (Wildman–Crippen MR) is 73.4 cm³/mol. The maximum Gasteiger partial charge on any atom is 0.306 e. The van der Waals surface area contributed by atoms with Crippen LogP contribution in [0, 0.1) is 18.8 Å². The Bertz CT molecular complexity index is 484. The second-order valence-electron chi connectivity index (χ2n) is 5.50. The lowest BCUT2D eigenvalue weighted by atomic mass is 9.97. The Balaban J connectivity index is 2.35. The van der Waals surface area contributed by atoms with E-state index < -0.39 is 5.97 Å². The molecule has 1 N–H and O–H groups in total. The highest BCUT2D eigenvalue weighted by molar-refractivity contribution is 5.73. The Morgan fingerprint density at radius 1 is 1.47 bits per heavy atom. The van der Waals surface area contributed by atoms with E-state index in [1.54, 1.807) is 7.11 Å². The molecule has 1 aromatic rings. The lowest BCUT2D eigenvalue weighted by Crippen LogP contribution is -2.24. The van der Waals surface area contributed by atoms with E-state index in [2.05, 4.69) is 11.0 Å². The van der Waals surface area contributed by atoms with Gasteiger partial charge in [-0.25, -0.2) is 0 Å². The number of hydrogen-bond donors (Lipinski definition) is 1. The molecule has 1 aromatic carbocycles. The highest BCUT2D eigenvalue weighted by Gasteiger charge is 2.49. The van der Waals surface area contributed by atoms with Crippen molar-refractivity contribution in [2.24, 2.45) is 11.8 Å². The molecule has 1 fully saturated rings. The molecule has 4 nitrogen and oxygen atoms in total. The summed E-state index contributed by atoms with van der Waals surface area (Å²) in [4.78, 5) is 13.2. The van der Waals surface area contributed by atoms with E-state index in [1.807, 2.05) is 33.2 Å². The summed E-state index contributed by atoms with van der Waals surface area (Å²) in [6.45, 7) is 2.04. The largest absolute Gasteiger partial charge is 0.496 e. The first-order chi connectivity index (χ1) is 8.95. The number of carboxylic acids is 1. The van der Waals surface area contributed by atoms with Crippen LogP contribution in [0.5, 0.6) is 5.75 Å². The fraction of sp³-hybridized carbons (Fsp3) is 0.533. The van der Waals surface area contributed by atoms with Crippen LogP contribution in [-0.2, 0) is 4.79 Å². The normalized spacial score (nSPS) is 23.2. The molecule has 0 amide bonds. The van der Waals surface area contributed by atoms with Crippen LogP contribution in [0.3, 0.4) is 0 Å². The summed E-state index contributed by atoms with van der Waals surface area (Å²) in [6, 6.07) is 6.16. The average molecular weight is 263 g/mol. The fourth-order valence-electron chi connectivity index (χ4n) is 2.82. The van der Waals surface area contributed by atoms with Crippen LogP contribution < -0.4 is 4.74 Å². The lowest BCUT2D eigenvalue weighted by Gasteiger charge is -2.27. The van der Waals surface area contributed by atoms with Crippen molar-refractivity contribution >= 4 is 5.97 Å². The highest BCUT2D eigenvalue weighted by atomic mass is 16.5. The average Bonchev–Trinajstić information content (AvgIpc) is 3.09. The molecular weight excluding hydrogens is 242 g/mol. The number of rotatable bonds is 5. The van der Waals surface area contributed by atoms with Crippen LogP contribution in [0.15, 0.2) is 18.2 Å². The first-order valence-corrected chi connectivity index (χ1v) is 6.49. The zero-order valence-corrected chi connectivity index (χ0v) is 11.9. The molecule has 1 saturated carbocycles. The molecule has 0 radical (unpaired) electrons. The van der Waals surface area contributed by atoms with Gasteiger partial charge in [0.05, 0.1) is 13.0 Å². The third-order valence-electron chi connectivity index (χ3n) is 3.82. The van der Waals surface area contributed by atoms with Gasteiger partial charge in [-0.3, -0.25) is 4.79 Å². The van der Waals surface area contributed by atoms with E-state index >= 15 is 0 Å². The quantitative estimate of drug-likeness (QED) is 0.885. The topological polar surface area (TPSA) is 49.8 Å². The third-order valence-corrected chi connectivity index (χ3v) is 3.82. The van der Waals surface area contributed by atoms with Crippen molar-refractivity contribution in [3.05, 3.63) is 29.3 Å². The number of ether oxygens (including phenoxy) is 1. The molecule has 0 aliphatic heterocycles. The third kappa shape index (κ3) is 2.73. The minimum Gasteiger partial charge on any atom is -0.496 e. The fourth-order valence-corrected chi connectivity index (χ4v) is 2.82. The molecule has 3 unspecified atom stereocenters. The summed E-state index contributed by atoms with van der Waals surface area (Å²) in [5, 5.41) is 9.13. The Morgan fingerprint density at radius 2 is 2.16 bits per heavy atom. The van der Waals surface area contributed by atoms with E-state index in [4.69, 9.17) is 9.84 Å². The van der Waals surface area contributed by atoms with Crippen LogP contribution in [0.4, 0.5) is 0 Å². The van der Waals surface area contributed by atoms with Crippen LogP contribution in [0.2, 0.25) is 0 Å². The molecule has 1 aliphatic carbocycles. The lowest BCUT2D eigenvalue weighted by molar-refractivity contribution is -0.139. The standard InChI is InChI=1S/C15H21NO3/c1-9-5-6-13(19-4)12(7-9)14(16(2)3)10-8-11(10)15(17)18/h5-7,10-11,14H,8H2,1-4H3,(H,17,18). The van der Waals surface area contributed by atoms with Crippen molar-refractivity contribution in [3.8, 4) is 5.75 Å². The van der Waals surface area contributed by atoms with Gasteiger partial charge in [0.1, 0.15) is 5.75 Å². The van der Waals surface area contributed by atoms with Crippen LogP contribution in [0.25, 0.3) is 0 Å². The first kappa shape index (κ1) is 13.9. The molecule has 2 rings (SSSR count). The van der Waals surface area contributed by atoms with Gasteiger partial charge in [0.25, 0.3) is 0 Å². The van der Waals surface area contributed by atoms with E-state index in [9.17, 15) is 4.79 Å². The summed E-state index contributed by atoms with van der Waals surface area (Å²) in [6.07, 6.45) is 0.745. The summed E-state index contributed by atoms with van der Waals surface area (Å²) in [5.74, 6) is 0.0876. The molecule has 0 saturated heterocycles. The molecule has 0 aromatic heterocycles. The summed E-state index contributed by atoms with van der Waals surface area (Å²) in [5.41, 5.74) is 2.25. The Labute approximate surface area is 114 Å². The van der Waals surface area contributed by atoms with E-state index in [0.717, 1.165) is 23.3 Å². The molecule has 4 heteroatoms. The summed E-state index contributed by atoms with van der Waals surface area (Å²) >= 11 is 0. The van der Waals surface area contributed by atoms with Crippen molar-refractivity contribution in [1.82, 2.24) is 4.90 Å². The second-order valence-corrected chi connectivity index (χ2v) is 5.50. The monoisotopic (exact) mass is 263 g/mol. The zero-order valence-electron chi connectivity index (χ0n) is 11.9. The molecular formula is C15H21NO3. The zero-order chi connectivity index (χ0) is 14.2. The van der Waals surface area contributed by atoms with Crippen molar-refractivity contribution in [1.29, 1.82) is 0 Å². The van der Waals surface area contributed by atoms with Crippen molar-refractivity contribution in [2.45, 2.75) is 19.4 Å². The number of methoxy groups -OCH3 is 1. The minimum atomic E-state index is -0.691. The van der Waals surface area contributed by atoms with Crippen LogP contribution in [-0.4, -0.2) is 37.2 Å². The molecule has 3 atom stereocenters. The number of carbonyl (C=O) groups is 1. The molecule has 0 bridgehead atoms. The first-order valence-electron chi connectivity index (χ1n) is 6.49. The van der Waals surface area contributed by atoms with Gasteiger partial charge in [-0.05, 0) is 39.4 Å². The smallest absolute Gasteiger partial charge is 0.306 e. The molecule has 0 spiro atoms. The maximum absolute atomic E-state index is 11.1. The SMILES string of the molecule is COc1ccc(C)cc1C(C1CC1C(=O)O)N(C)C. The van der Waals surface area contributed by atoms with Gasteiger partial charge in [0, 0.05) is 11.6 Å². The summed E-state index contributed by atoms with van der Waals surface area (Å²) < 4.78 is 5.43. The Kier molecular flexibility index (Phi) is 3.80. The van der Waals surface area contributed by atoms with Crippen LogP contribution in [0.1, 0.15) is 23.6 Å². The number of nitrogens with zero attached hydrogens (tertiary/aromatic N) is 1. The molecule has 1 aliphatic rings. The van der Waals surface area contributed by atoms with Gasteiger partial charge in [-0.1, -0.05) is 17.7 Å². The molecule has 0 heterocycles. The van der Waals surface area contributed by atoms with Crippen LogP contribution >= 0.6 is 0 Å². The number of aryl methyl sites for hydroxylation is 1.